The Labute approximate surface area is 173 Å². The van der Waals surface area contributed by atoms with E-state index in [9.17, 15) is 16.8 Å². The van der Waals surface area contributed by atoms with Crippen molar-refractivity contribution in [2.45, 2.75) is 9.79 Å². The highest BCUT2D eigenvalue weighted by atomic mass is 32.2. The highest BCUT2D eigenvalue weighted by molar-refractivity contribution is 7.92. The molecule has 0 spiro atoms. The Morgan fingerprint density at radius 3 is 1.86 bits per heavy atom. The molecule has 0 aliphatic rings. The van der Waals surface area contributed by atoms with Crippen molar-refractivity contribution in [2.24, 2.45) is 0 Å². The number of rotatable bonds is 9. The van der Waals surface area contributed by atoms with Crippen LogP contribution in [0.1, 0.15) is 0 Å². The van der Waals surface area contributed by atoms with E-state index in [1.54, 1.807) is 12.1 Å². The van der Waals surface area contributed by atoms with Crippen molar-refractivity contribution in [1.82, 2.24) is 9.21 Å². The fourth-order valence-electron chi connectivity index (χ4n) is 2.57. The van der Waals surface area contributed by atoms with Crippen LogP contribution in [0.5, 0.6) is 0 Å². The molecule has 1 N–H and O–H groups in total. The zero-order valence-corrected chi connectivity index (χ0v) is 19.0. The second-order valence-corrected chi connectivity index (χ2v) is 10.9. The van der Waals surface area contributed by atoms with E-state index in [1.165, 1.54) is 38.4 Å². The molecule has 0 radical (unpaired) electrons. The summed E-state index contributed by atoms with van der Waals surface area (Å²) in [7, 11) is 1.19. The fraction of sp³-hybridized carbons (Fsp3) is 0.368. The van der Waals surface area contributed by atoms with Gasteiger partial charge in [-0.1, -0.05) is 12.1 Å². The third kappa shape index (κ3) is 5.69. The Balaban J connectivity index is 2.28. The van der Waals surface area contributed by atoms with Crippen LogP contribution in [-0.4, -0.2) is 74.4 Å². The molecule has 0 atom stereocenters. The Hall–Kier alpha value is -2.14. The Morgan fingerprint density at radius 1 is 0.759 bits per heavy atom. The van der Waals surface area contributed by atoms with E-state index in [1.807, 2.05) is 43.1 Å². The number of benzene rings is 2. The summed E-state index contributed by atoms with van der Waals surface area (Å²) in [6.07, 6.45) is 0. The molecule has 0 saturated carbocycles. The van der Waals surface area contributed by atoms with E-state index in [0.717, 1.165) is 23.1 Å². The highest BCUT2D eigenvalue weighted by Gasteiger charge is 2.21. The molecule has 0 amide bonds. The van der Waals surface area contributed by atoms with Gasteiger partial charge in [-0.05, 0) is 50.5 Å². The summed E-state index contributed by atoms with van der Waals surface area (Å²) in [6, 6.07) is 12.3. The number of hydrogen-bond donors (Lipinski definition) is 1. The lowest BCUT2D eigenvalue weighted by atomic mass is 10.2. The van der Waals surface area contributed by atoms with Crippen molar-refractivity contribution in [2.75, 3.05) is 57.9 Å². The molecule has 2 rings (SSSR count). The van der Waals surface area contributed by atoms with Crippen LogP contribution in [0.2, 0.25) is 0 Å². The number of sulfonamides is 2. The molecular weight excluding hydrogens is 412 g/mol. The van der Waals surface area contributed by atoms with Crippen molar-refractivity contribution in [1.29, 1.82) is 0 Å². The molecule has 0 saturated heterocycles. The molecule has 10 heteroatoms. The molecular formula is C19H28N4O4S2. The molecule has 8 nitrogen and oxygen atoms in total. The van der Waals surface area contributed by atoms with Crippen LogP contribution in [0.4, 0.5) is 11.4 Å². The molecule has 0 aromatic heterocycles. The van der Waals surface area contributed by atoms with E-state index < -0.39 is 20.0 Å². The van der Waals surface area contributed by atoms with Crippen LogP contribution in [0, 0.1) is 0 Å². The number of nitrogens with zero attached hydrogens (tertiary/aromatic N) is 3. The number of para-hydroxylation sites is 2. The summed E-state index contributed by atoms with van der Waals surface area (Å²) < 4.78 is 53.7. The van der Waals surface area contributed by atoms with Gasteiger partial charge in [0.15, 0.2) is 0 Å². The van der Waals surface area contributed by atoms with Crippen LogP contribution in [0.15, 0.2) is 58.3 Å². The third-order valence-corrected chi connectivity index (χ3v) is 7.57. The van der Waals surface area contributed by atoms with E-state index in [-0.39, 0.29) is 9.79 Å². The predicted octanol–water partition coefficient (Wildman–Crippen LogP) is 1.74. The third-order valence-electron chi connectivity index (χ3n) is 4.35. The standard InChI is InChI=1S/C19H28N4O4S2/c1-21(2)14-15-23(5)19-9-7-6-8-18(19)20-28(24,25)16-10-12-17(13-11-16)29(26,27)22(3)4/h6-13,20H,14-15H2,1-5H3. The molecule has 0 heterocycles. The quantitative estimate of drug-likeness (QED) is 0.639. The van der Waals surface area contributed by atoms with E-state index in [4.69, 9.17) is 0 Å². The molecule has 160 valence electrons. The van der Waals surface area contributed by atoms with Crippen LogP contribution in [0.25, 0.3) is 0 Å². The summed E-state index contributed by atoms with van der Waals surface area (Å²) >= 11 is 0. The van der Waals surface area contributed by atoms with Gasteiger partial charge in [0, 0.05) is 34.2 Å². The predicted molar refractivity (Wildman–Crippen MR) is 116 cm³/mol. The van der Waals surface area contributed by atoms with Gasteiger partial charge in [0.25, 0.3) is 10.0 Å². The van der Waals surface area contributed by atoms with E-state index in [0.29, 0.717) is 5.69 Å². The second-order valence-electron chi connectivity index (χ2n) is 7.11. The largest absolute Gasteiger partial charge is 0.372 e. The van der Waals surface area contributed by atoms with Gasteiger partial charge >= 0.3 is 0 Å². The summed E-state index contributed by atoms with van der Waals surface area (Å²) in [4.78, 5) is 4.04. The normalized spacial score (nSPS) is 12.4. The van der Waals surface area contributed by atoms with Crippen molar-refractivity contribution in [3.8, 4) is 0 Å². The average molecular weight is 441 g/mol. The van der Waals surface area contributed by atoms with Gasteiger partial charge in [-0.3, -0.25) is 4.72 Å². The highest BCUT2D eigenvalue weighted by Crippen LogP contribution is 2.27. The number of likely N-dealkylation sites (N-methyl/N-ethyl adjacent to an activating group) is 2. The first-order valence-electron chi connectivity index (χ1n) is 8.95. The number of nitrogens with one attached hydrogen (secondary N) is 1. The molecule has 0 aliphatic heterocycles. The van der Waals surface area contributed by atoms with Crippen molar-refractivity contribution in [3.63, 3.8) is 0 Å². The first-order valence-corrected chi connectivity index (χ1v) is 11.9. The number of anilines is 2. The van der Waals surface area contributed by atoms with Crippen LogP contribution >= 0.6 is 0 Å². The maximum absolute atomic E-state index is 12.8. The smallest absolute Gasteiger partial charge is 0.261 e. The van der Waals surface area contributed by atoms with Crippen LogP contribution in [-0.2, 0) is 20.0 Å². The Kier molecular flexibility index (Phi) is 7.28. The van der Waals surface area contributed by atoms with Crippen LogP contribution < -0.4 is 9.62 Å². The lowest BCUT2D eigenvalue weighted by Crippen LogP contribution is -2.29. The molecule has 0 unspecified atom stereocenters. The molecule has 0 fully saturated rings. The van der Waals surface area contributed by atoms with Crippen molar-refractivity contribution < 1.29 is 16.8 Å². The SMILES string of the molecule is CN(C)CCN(C)c1ccccc1NS(=O)(=O)c1ccc(S(=O)(=O)N(C)C)cc1. The summed E-state index contributed by atoms with van der Waals surface area (Å²) in [6.45, 7) is 1.54. The molecule has 2 aromatic rings. The van der Waals surface area contributed by atoms with Gasteiger partial charge in [-0.2, -0.15) is 0 Å². The summed E-state index contributed by atoms with van der Waals surface area (Å²) in [5.74, 6) is 0. The van der Waals surface area contributed by atoms with Gasteiger partial charge in [0.2, 0.25) is 10.0 Å². The molecule has 29 heavy (non-hydrogen) atoms. The minimum absolute atomic E-state index is 0.0130. The molecule has 2 aromatic carbocycles. The minimum Gasteiger partial charge on any atom is -0.372 e. The van der Waals surface area contributed by atoms with Gasteiger partial charge in [0.1, 0.15) is 0 Å². The molecule has 0 bridgehead atoms. The maximum Gasteiger partial charge on any atom is 0.261 e. The van der Waals surface area contributed by atoms with E-state index in [2.05, 4.69) is 4.72 Å². The second kappa shape index (κ2) is 9.12. The molecule has 0 aliphatic carbocycles. The van der Waals surface area contributed by atoms with Gasteiger partial charge in [-0.25, -0.2) is 21.1 Å². The lowest BCUT2D eigenvalue weighted by molar-refractivity contribution is 0.416. The lowest BCUT2D eigenvalue weighted by Gasteiger charge is -2.24. The van der Waals surface area contributed by atoms with Crippen molar-refractivity contribution >= 4 is 31.4 Å². The summed E-state index contributed by atoms with van der Waals surface area (Å²) in [5, 5.41) is 0. The fourth-order valence-corrected chi connectivity index (χ4v) is 4.54. The first-order chi connectivity index (χ1) is 13.4. The number of hydrogen-bond acceptors (Lipinski definition) is 6. The topological polar surface area (TPSA) is 90.0 Å². The average Bonchev–Trinajstić information content (AvgIpc) is 2.66. The first kappa shape index (κ1) is 23.1. The Morgan fingerprint density at radius 2 is 1.31 bits per heavy atom. The van der Waals surface area contributed by atoms with Gasteiger partial charge in [0.05, 0.1) is 21.2 Å². The minimum atomic E-state index is -3.88. The van der Waals surface area contributed by atoms with E-state index >= 15 is 0 Å². The van der Waals surface area contributed by atoms with Crippen molar-refractivity contribution in [3.05, 3.63) is 48.5 Å². The van der Waals surface area contributed by atoms with Crippen LogP contribution in [0.3, 0.4) is 0 Å². The zero-order chi connectivity index (χ0) is 21.8. The van der Waals surface area contributed by atoms with Gasteiger partial charge < -0.3 is 9.80 Å². The maximum atomic E-state index is 12.8. The Bertz CT molecular complexity index is 1030. The zero-order valence-electron chi connectivity index (χ0n) is 17.3. The van der Waals surface area contributed by atoms with Gasteiger partial charge in [-0.15, -0.1) is 0 Å². The monoisotopic (exact) mass is 440 g/mol. The summed E-state index contributed by atoms with van der Waals surface area (Å²) in [5.41, 5.74) is 1.21.